The van der Waals surface area contributed by atoms with Crippen LogP contribution in [0.3, 0.4) is 0 Å². The predicted molar refractivity (Wildman–Crippen MR) is 90.1 cm³/mol. The lowest BCUT2D eigenvalue weighted by molar-refractivity contribution is -0.135. The number of aliphatic hydroxyl groups excluding tert-OH is 1. The number of ether oxygens (including phenoxy) is 1. The number of carbonyl (C=O) groups excluding carboxylic acids is 2. The molecule has 130 valence electrons. The number of rotatable bonds is 0. The summed E-state index contributed by atoms with van der Waals surface area (Å²) in [7, 11) is 0. The van der Waals surface area contributed by atoms with Crippen molar-refractivity contribution < 1.29 is 19.4 Å². The van der Waals surface area contributed by atoms with Crippen LogP contribution in [0.25, 0.3) is 0 Å². The summed E-state index contributed by atoms with van der Waals surface area (Å²) < 4.78 is 4.53. The first-order valence-electron chi connectivity index (χ1n) is 8.56. The van der Waals surface area contributed by atoms with Gasteiger partial charge in [-0.1, -0.05) is 19.4 Å². The van der Waals surface area contributed by atoms with Gasteiger partial charge in [0.2, 0.25) is 0 Å². The van der Waals surface area contributed by atoms with Crippen LogP contribution in [0.4, 0.5) is 0 Å². The van der Waals surface area contributed by atoms with Gasteiger partial charge in [0.1, 0.15) is 6.61 Å². The van der Waals surface area contributed by atoms with Crippen LogP contribution in [0, 0.1) is 11.3 Å². The Morgan fingerprint density at radius 3 is 2.67 bits per heavy atom. The molecule has 1 saturated heterocycles. The van der Waals surface area contributed by atoms with E-state index in [4.69, 9.17) is 0 Å². The summed E-state index contributed by atoms with van der Waals surface area (Å²) in [5.74, 6) is -0.0923. The summed E-state index contributed by atoms with van der Waals surface area (Å²) >= 11 is 0. The fraction of sp³-hybridized carbons (Fsp3) is 0.579. The van der Waals surface area contributed by atoms with Crippen LogP contribution < -0.4 is 5.32 Å². The maximum Gasteiger partial charge on any atom is 0.333 e. The van der Waals surface area contributed by atoms with Gasteiger partial charge in [-0.2, -0.15) is 0 Å². The molecule has 0 bridgehead atoms. The van der Waals surface area contributed by atoms with Gasteiger partial charge in [0, 0.05) is 11.5 Å². The Morgan fingerprint density at radius 2 is 2.12 bits per heavy atom. The first-order valence-corrected chi connectivity index (χ1v) is 8.56. The first kappa shape index (κ1) is 16.8. The standard InChI is InChI=1S/C14H19NO2.C5H6O2/c1-14(2)5-3-4-8-6-9-10(7-16)13(17)15-12(9)11(8)14;1-4-2-3-7-5(4)6/h7,9,12,16H,3-6H2,1-2H3,(H,15,17);2H,3H2,1H3/b10-7+;. The third-order valence-electron chi connectivity index (χ3n) is 5.58. The van der Waals surface area contributed by atoms with Crippen molar-refractivity contribution in [1.82, 2.24) is 5.32 Å². The first-order chi connectivity index (χ1) is 11.3. The molecule has 0 saturated carbocycles. The number of carbonyl (C=O) groups is 2. The summed E-state index contributed by atoms with van der Waals surface area (Å²) in [4.78, 5) is 22.0. The molecular weight excluding hydrogens is 306 g/mol. The van der Waals surface area contributed by atoms with E-state index in [9.17, 15) is 14.7 Å². The van der Waals surface area contributed by atoms with E-state index in [1.54, 1.807) is 13.0 Å². The lowest BCUT2D eigenvalue weighted by Gasteiger charge is -2.35. The maximum atomic E-state index is 11.7. The number of fused-ring (bicyclic) bond motifs is 2. The van der Waals surface area contributed by atoms with Crippen molar-refractivity contribution in [2.75, 3.05) is 6.61 Å². The molecule has 0 aromatic rings. The van der Waals surface area contributed by atoms with Crippen molar-refractivity contribution in [1.29, 1.82) is 0 Å². The van der Waals surface area contributed by atoms with Crippen LogP contribution in [-0.2, 0) is 14.3 Å². The largest absolute Gasteiger partial charge is 0.515 e. The van der Waals surface area contributed by atoms with Gasteiger partial charge in [-0.05, 0) is 49.7 Å². The SMILES string of the molecule is CC1(C)CCCC2=C1C1NC(=O)/C(=C/O)C1C2.CC1=CCOC1=O. The Balaban J connectivity index is 0.000000203. The fourth-order valence-electron chi connectivity index (χ4n) is 4.38. The van der Waals surface area contributed by atoms with Crippen molar-refractivity contribution in [2.24, 2.45) is 11.3 Å². The van der Waals surface area contributed by atoms with E-state index >= 15 is 0 Å². The number of hydrogen-bond acceptors (Lipinski definition) is 4. The van der Waals surface area contributed by atoms with Crippen LogP contribution in [0.15, 0.2) is 34.6 Å². The van der Waals surface area contributed by atoms with Crippen molar-refractivity contribution in [3.63, 3.8) is 0 Å². The number of cyclic esters (lactones) is 1. The van der Waals surface area contributed by atoms with Gasteiger partial charge in [-0.15, -0.1) is 0 Å². The average Bonchev–Trinajstić information content (AvgIpc) is 3.13. The lowest BCUT2D eigenvalue weighted by Crippen LogP contribution is -2.35. The molecule has 2 unspecified atom stereocenters. The molecule has 4 rings (SSSR count). The fourth-order valence-corrected chi connectivity index (χ4v) is 4.38. The molecule has 2 heterocycles. The molecule has 0 radical (unpaired) electrons. The molecule has 2 atom stereocenters. The van der Waals surface area contributed by atoms with Crippen molar-refractivity contribution in [3.8, 4) is 0 Å². The highest BCUT2D eigenvalue weighted by atomic mass is 16.5. The average molecular weight is 331 g/mol. The van der Waals surface area contributed by atoms with Gasteiger partial charge < -0.3 is 15.2 Å². The monoisotopic (exact) mass is 331 g/mol. The van der Waals surface area contributed by atoms with E-state index in [0.29, 0.717) is 12.2 Å². The van der Waals surface area contributed by atoms with Crippen LogP contribution in [0.2, 0.25) is 0 Å². The van der Waals surface area contributed by atoms with E-state index < -0.39 is 0 Å². The Labute approximate surface area is 142 Å². The van der Waals surface area contributed by atoms with E-state index in [1.165, 1.54) is 30.4 Å². The highest BCUT2D eigenvalue weighted by Gasteiger charge is 2.49. The van der Waals surface area contributed by atoms with Crippen LogP contribution in [0.5, 0.6) is 0 Å². The van der Waals surface area contributed by atoms with E-state index in [1.807, 2.05) is 0 Å². The molecular formula is C19H25NO4. The Bertz CT molecular complexity index is 669. The topological polar surface area (TPSA) is 75.6 Å². The highest BCUT2D eigenvalue weighted by molar-refractivity contribution is 5.97. The van der Waals surface area contributed by atoms with E-state index in [-0.39, 0.29) is 29.3 Å². The zero-order chi connectivity index (χ0) is 17.5. The van der Waals surface area contributed by atoms with E-state index in [0.717, 1.165) is 18.3 Å². The van der Waals surface area contributed by atoms with Crippen molar-refractivity contribution in [2.45, 2.75) is 52.5 Å². The second kappa shape index (κ2) is 6.11. The molecule has 5 nitrogen and oxygen atoms in total. The number of nitrogens with one attached hydrogen (secondary N) is 1. The highest BCUT2D eigenvalue weighted by Crippen LogP contribution is 2.52. The van der Waals surface area contributed by atoms with Crippen molar-refractivity contribution in [3.05, 3.63) is 34.6 Å². The molecule has 24 heavy (non-hydrogen) atoms. The molecule has 0 spiro atoms. The second-order valence-corrected chi connectivity index (χ2v) is 7.59. The van der Waals surface area contributed by atoms with Gasteiger partial charge in [0.15, 0.2) is 0 Å². The molecule has 1 amide bonds. The van der Waals surface area contributed by atoms with Gasteiger partial charge in [-0.25, -0.2) is 4.79 Å². The van der Waals surface area contributed by atoms with Crippen LogP contribution in [-0.4, -0.2) is 29.6 Å². The molecule has 0 aromatic heterocycles. The number of hydrogen-bond donors (Lipinski definition) is 2. The quantitative estimate of drug-likeness (QED) is 0.310. The molecule has 4 aliphatic rings. The summed E-state index contributed by atoms with van der Waals surface area (Å²) in [6.07, 6.45) is 7.34. The van der Waals surface area contributed by atoms with Crippen molar-refractivity contribution >= 4 is 11.9 Å². The van der Waals surface area contributed by atoms with Crippen LogP contribution in [0.1, 0.15) is 46.5 Å². The van der Waals surface area contributed by atoms with E-state index in [2.05, 4.69) is 23.9 Å². The number of esters is 1. The Kier molecular flexibility index (Phi) is 4.28. The normalized spacial score (nSPS) is 31.8. The minimum absolute atomic E-state index is 0.0876. The smallest absolute Gasteiger partial charge is 0.333 e. The zero-order valence-corrected chi connectivity index (χ0v) is 14.5. The minimum Gasteiger partial charge on any atom is -0.515 e. The number of allylic oxidation sites excluding steroid dienone is 1. The Morgan fingerprint density at radius 1 is 1.38 bits per heavy atom. The van der Waals surface area contributed by atoms with Crippen LogP contribution >= 0.6 is 0 Å². The third-order valence-corrected chi connectivity index (χ3v) is 5.58. The van der Waals surface area contributed by atoms with Gasteiger partial charge in [0.25, 0.3) is 5.91 Å². The summed E-state index contributed by atoms with van der Waals surface area (Å²) in [5, 5.41) is 12.3. The third kappa shape index (κ3) is 2.76. The number of aliphatic hydroxyl groups is 1. The molecule has 5 heteroatoms. The lowest BCUT2D eigenvalue weighted by atomic mass is 9.72. The van der Waals surface area contributed by atoms with Gasteiger partial charge in [0.05, 0.1) is 17.9 Å². The summed E-state index contributed by atoms with van der Waals surface area (Å²) in [5.41, 5.74) is 4.46. The molecule has 2 N–H and O–H groups in total. The molecule has 1 fully saturated rings. The van der Waals surface area contributed by atoms with Gasteiger partial charge in [-0.3, -0.25) is 4.79 Å². The maximum absolute atomic E-state index is 11.7. The number of amides is 1. The second-order valence-electron chi connectivity index (χ2n) is 7.59. The molecule has 2 aliphatic carbocycles. The van der Waals surface area contributed by atoms with Gasteiger partial charge >= 0.3 is 5.97 Å². The molecule has 0 aromatic carbocycles. The zero-order valence-electron chi connectivity index (χ0n) is 14.5. The Hall–Kier alpha value is -2.04. The summed E-state index contributed by atoms with van der Waals surface area (Å²) in [6, 6.07) is 0.145. The molecule has 2 aliphatic heterocycles. The predicted octanol–water partition coefficient (Wildman–Crippen LogP) is 2.94. The summed E-state index contributed by atoms with van der Waals surface area (Å²) in [6.45, 7) is 6.76. The minimum atomic E-state index is -0.181.